The van der Waals surface area contributed by atoms with Gasteiger partial charge in [0.25, 0.3) is 0 Å². The lowest BCUT2D eigenvalue weighted by atomic mass is 9.78. The highest BCUT2D eigenvalue weighted by Crippen LogP contribution is 2.44. The Labute approximate surface area is 119 Å². The molecular formula is C17H19NO2. The van der Waals surface area contributed by atoms with Crippen molar-refractivity contribution in [1.82, 2.24) is 5.32 Å². The van der Waals surface area contributed by atoms with Crippen molar-refractivity contribution in [2.75, 3.05) is 13.7 Å². The fourth-order valence-corrected chi connectivity index (χ4v) is 3.10. The second-order valence-electron chi connectivity index (χ2n) is 5.32. The lowest BCUT2D eigenvalue weighted by molar-refractivity contribution is 0.345. The van der Waals surface area contributed by atoms with E-state index in [2.05, 4.69) is 30.4 Å². The average Bonchev–Trinajstić information content (AvgIpc) is 2.48. The fourth-order valence-electron chi connectivity index (χ4n) is 3.10. The van der Waals surface area contributed by atoms with Crippen molar-refractivity contribution in [2.24, 2.45) is 0 Å². The van der Waals surface area contributed by atoms with Gasteiger partial charge in [0.05, 0.1) is 12.6 Å². The van der Waals surface area contributed by atoms with Crippen molar-refractivity contribution >= 4 is 0 Å². The zero-order valence-corrected chi connectivity index (χ0v) is 11.8. The summed E-state index contributed by atoms with van der Waals surface area (Å²) in [5, 5.41) is 14.1. The second kappa shape index (κ2) is 4.84. The molecule has 0 amide bonds. The minimum Gasteiger partial charge on any atom is -0.504 e. The van der Waals surface area contributed by atoms with Crippen LogP contribution in [0.3, 0.4) is 0 Å². The zero-order chi connectivity index (χ0) is 14.2. The molecule has 2 aromatic rings. The van der Waals surface area contributed by atoms with E-state index in [1.165, 1.54) is 5.56 Å². The lowest BCUT2D eigenvalue weighted by Crippen LogP contribution is -2.45. The van der Waals surface area contributed by atoms with E-state index in [9.17, 15) is 5.11 Å². The standard InChI is InChI=1S/C17H19NO2/c1-17(13-6-4-3-5-7-13)15-12(10-11-18-17)8-9-14(20-2)16(15)19/h3-9,18-19H,10-11H2,1-2H3. The molecule has 1 aliphatic heterocycles. The maximum absolute atomic E-state index is 10.6. The molecular weight excluding hydrogens is 250 g/mol. The Bertz CT molecular complexity index is 624. The number of phenolic OH excluding ortho intramolecular Hbond substituents is 1. The number of methoxy groups -OCH3 is 1. The first-order valence-electron chi connectivity index (χ1n) is 6.86. The molecule has 0 fully saturated rings. The summed E-state index contributed by atoms with van der Waals surface area (Å²) in [6, 6.07) is 14.1. The van der Waals surface area contributed by atoms with Gasteiger partial charge in [-0.1, -0.05) is 36.4 Å². The topological polar surface area (TPSA) is 41.5 Å². The fraction of sp³-hybridized carbons (Fsp3) is 0.294. The monoisotopic (exact) mass is 269 g/mol. The van der Waals surface area contributed by atoms with Crippen molar-refractivity contribution in [3.8, 4) is 11.5 Å². The predicted molar refractivity (Wildman–Crippen MR) is 79.3 cm³/mol. The third-order valence-corrected chi connectivity index (χ3v) is 4.17. The van der Waals surface area contributed by atoms with Crippen LogP contribution in [0.5, 0.6) is 11.5 Å². The molecule has 0 spiro atoms. The molecule has 0 aromatic heterocycles. The second-order valence-corrected chi connectivity index (χ2v) is 5.32. The van der Waals surface area contributed by atoms with Crippen LogP contribution >= 0.6 is 0 Å². The van der Waals surface area contributed by atoms with Crippen molar-refractivity contribution in [2.45, 2.75) is 18.9 Å². The number of benzene rings is 2. The number of phenols is 1. The molecule has 3 nitrogen and oxygen atoms in total. The van der Waals surface area contributed by atoms with Crippen molar-refractivity contribution in [1.29, 1.82) is 0 Å². The smallest absolute Gasteiger partial charge is 0.163 e. The molecule has 20 heavy (non-hydrogen) atoms. The summed E-state index contributed by atoms with van der Waals surface area (Å²) in [5.41, 5.74) is 2.85. The summed E-state index contributed by atoms with van der Waals surface area (Å²) in [4.78, 5) is 0. The third kappa shape index (κ3) is 1.86. The molecule has 1 atom stereocenters. The Morgan fingerprint density at radius 3 is 2.60 bits per heavy atom. The van der Waals surface area contributed by atoms with E-state index in [0.717, 1.165) is 24.1 Å². The Kier molecular flexibility index (Phi) is 3.14. The Morgan fingerprint density at radius 2 is 1.90 bits per heavy atom. The molecule has 104 valence electrons. The molecule has 1 aliphatic rings. The summed E-state index contributed by atoms with van der Waals surface area (Å²) in [6.45, 7) is 3.00. The molecule has 0 bridgehead atoms. The van der Waals surface area contributed by atoms with Crippen LogP contribution < -0.4 is 10.1 Å². The van der Waals surface area contributed by atoms with E-state index in [1.54, 1.807) is 7.11 Å². The molecule has 0 saturated carbocycles. The summed E-state index contributed by atoms with van der Waals surface area (Å²) in [7, 11) is 1.58. The Morgan fingerprint density at radius 1 is 1.15 bits per heavy atom. The molecule has 3 rings (SSSR count). The Balaban J connectivity index is 2.23. The van der Waals surface area contributed by atoms with Crippen molar-refractivity contribution in [3.63, 3.8) is 0 Å². The van der Waals surface area contributed by atoms with E-state index in [1.807, 2.05) is 24.3 Å². The molecule has 2 N–H and O–H groups in total. The van der Waals surface area contributed by atoms with Gasteiger partial charge in [0, 0.05) is 12.1 Å². The summed E-state index contributed by atoms with van der Waals surface area (Å²) < 4.78 is 5.26. The van der Waals surface area contributed by atoms with E-state index in [-0.39, 0.29) is 5.75 Å². The summed E-state index contributed by atoms with van der Waals surface area (Å²) >= 11 is 0. The van der Waals surface area contributed by atoms with E-state index >= 15 is 0 Å². The number of nitrogens with one attached hydrogen (secondary N) is 1. The molecule has 0 radical (unpaired) electrons. The first-order chi connectivity index (χ1) is 9.66. The maximum Gasteiger partial charge on any atom is 0.163 e. The molecule has 0 saturated heterocycles. The quantitative estimate of drug-likeness (QED) is 0.881. The zero-order valence-electron chi connectivity index (χ0n) is 11.8. The van der Waals surface area contributed by atoms with Crippen LogP contribution in [0.2, 0.25) is 0 Å². The van der Waals surface area contributed by atoms with Crippen LogP contribution in [0, 0.1) is 0 Å². The van der Waals surface area contributed by atoms with Crippen molar-refractivity contribution in [3.05, 3.63) is 59.2 Å². The highest BCUT2D eigenvalue weighted by Gasteiger charge is 2.36. The average molecular weight is 269 g/mol. The van der Waals surface area contributed by atoms with Crippen LogP contribution in [0.25, 0.3) is 0 Å². The number of ether oxygens (including phenoxy) is 1. The first-order valence-corrected chi connectivity index (χ1v) is 6.86. The highest BCUT2D eigenvalue weighted by molar-refractivity contribution is 5.57. The van der Waals surface area contributed by atoms with Crippen LogP contribution in [0.1, 0.15) is 23.6 Å². The van der Waals surface area contributed by atoms with Gasteiger partial charge in [0.2, 0.25) is 0 Å². The number of hydrogen-bond donors (Lipinski definition) is 2. The highest BCUT2D eigenvalue weighted by atomic mass is 16.5. The van der Waals surface area contributed by atoms with E-state index in [0.29, 0.717) is 5.75 Å². The van der Waals surface area contributed by atoms with Gasteiger partial charge in [-0.25, -0.2) is 0 Å². The minimum atomic E-state index is -0.395. The minimum absolute atomic E-state index is 0.239. The normalized spacial score (nSPS) is 21.3. The largest absolute Gasteiger partial charge is 0.504 e. The SMILES string of the molecule is COc1ccc2c(c1O)C(C)(c1ccccc1)NCC2. The molecule has 3 heteroatoms. The first kappa shape index (κ1) is 13.0. The maximum atomic E-state index is 10.6. The molecule has 0 aliphatic carbocycles. The summed E-state index contributed by atoms with van der Waals surface area (Å²) in [5.74, 6) is 0.762. The van der Waals surface area contributed by atoms with Gasteiger partial charge in [-0.05, 0) is 30.5 Å². The number of rotatable bonds is 2. The van der Waals surface area contributed by atoms with Gasteiger partial charge in [-0.3, -0.25) is 0 Å². The van der Waals surface area contributed by atoms with Crippen molar-refractivity contribution < 1.29 is 9.84 Å². The number of fused-ring (bicyclic) bond motifs is 1. The van der Waals surface area contributed by atoms with Gasteiger partial charge < -0.3 is 15.2 Å². The Hall–Kier alpha value is -2.00. The lowest BCUT2D eigenvalue weighted by Gasteiger charge is -2.38. The van der Waals surface area contributed by atoms with Crippen LogP contribution in [0.15, 0.2) is 42.5 Å². The van der Waals surface area contributed by atoms with Crippen LogP contribution in [-0.2, 0) is 12.0 Å². The van der Waals surface area contributed by atoms with Gasteiger partial charge >= 0.3 is 0 Å². The van der Waals surface area contributed by atoms with E-state index < -0.39 is 5.54 Å². The molecule has 2 aromatic carbocycles. The third-order valence-electron chi connectivity index (χ3n) is 4.17. The van der Waals surface area contributed by atoms with Crippen LogP contribution in [-0.4, -0.2) is 18.8 Å². The summed E-state index contributed by atoms with van der Waals surface area (Å²) in [6.07, 6.45) is 0.912. The number of aromatic hydroxyl groups is 1. The van der Waals surface area contributed by atoms with Gasteiger partial charge in [-0.15, -0.1) is 0 Å². The number of hydrogen-bond acceptors (Lipinski definition) is 3. The van der Waals surface area contributed by atoms with Gasteiger partial charge in [0.1, 0.15) is 0 Å². The molecule has 1 unspecified atom stereocenters. The predicted octanol–water partition coefficient (Wildman–Crippen LogP) is 2.81. The van der Waals surface area contributed by atoms with E-state index in [4.69, 9.17) is 4.74 Å². The van der Waals surface area contributed by atoms with Crippen LogP contribution in [0.4, 0.5) is 0 Å². The molecule has 1 heterocycles. The van der Waals surface area contributed by atoms with Gasteiger partial charge in [-0.2, -0.15) is 0 Å². The van der Waals surface area contributed by atoms with Gasteiger partial charge in [0.15, 0.2) is 11.5 Å².